The molecule has 92 valence electrons. The molecule has 0 aliphatic heterocycles. The molecule has 2 N–H and O–H groups in total. The molecule has 0 spiro atoms. The molecule has 0 atom stereocenters. The second-order valence-corrected chi connectivity index (χ2v) is 4.93. The number of hydrogen-bond donors (Lipinski definition) is 1. The first-order valence-corrected chi connectivity index (χ1v) is 6.10. The highest BCUT2D eigenvalue weighted by Crippen LogP contribution is 2.23. The predicted octanol–water partition coefficient (Wildman–Crippen LogP) is 4.12. The Morgan fingerprint density at radius 3 is 2.39 bits per heavy atom. The van der Waals surface area contributed by atoms with Gasteiger partial charge in [0.05, 0.1) is 10.7 Å². The zero-order chi connectivity index (χ0) is 13.3. The van der Waals surface area contributed by atoms with Crippen LogP contribution < -0.4 is 5.73 Å². The van der Waals surface area contributed by atoms with Crippen molar-refractivity contribution in [3.8, 4) is 0 Å². The van der Waals surface area contributed by atoms with Crippen molar-refractivity contribution >= 4 is 34.7 Å². The van der Waals surface area contributed by atoms with Crippen molar-refractivity contribution in [2.45, 2.75) is 6.92 Å². The molecule has 0 aliphatic carbocycles. The van der Waals surface area contributed by atoms with E-state index in [4.69, 9.17) is 28.9 Å². The Morgan fingerprint density at radius 2 is 1.78 bits per heavy atom. The molecule has 4 heteroatoms. The molecule has 0 aliphatic rings. The average molecular weight is 280 g/mol. The van der Waals surface area contributed by atoms with Crippen LogP contribution >= 0.6 is 23.2 Å². The third kappa shape index (κ3) is 2.66. The minimum atomic E-state index is -0.123. The number of carbonyl (C=O) groups excluding carboxylic acids is 1. The summed E-state index contributed by atoms with van der Waals surface area (Å²) in [6.45, 7) is 1.89. The Labute approximate surface area is 115 Å². The molecule has 2 aromatic rings. The maximum Gasteiger partial charge on any atom is 0.193 e. The van der Waals surface area contributed by atoms with Crippen molar-refractivity contribution in [2.75, 3.05) is 5.73 Å². The van der Waals surface area contributed by atoms with Gasteiger partial charge in [0.2, 0.25) is 0 Å². The van der Waals surface area contributed by atoms with E-state index in [9.17, 15) is 4.79 Å². The predicted molar refractivity (Wildman–Crippen MR) is 75.5 cm³/mol. The van der Waals surface area contributed by atoms with Crippen LogP contribution in [0.15, 0.2) is 36.4 Å². The zero-order valence-corrected chi connectivity index (χ0v) is 11.2. The van der Waals surface area contributed by atoms with Crippen molar-refractivity contribution in [1.82, 2.24) is 0 Å². The highest BCUT2D eigenvalue weighted by Gasteiger charge is 2.11. The van der Waals surface area contributed by atoms with E-state index < -0.39 is 0 Å². The normalized spacial score (nSPS) is 10.4. The van der Waals surface area contributed by atoms with Gasteiger partial charge in [0.1, 0.15) is 0 Å². The summed E-state index contributed by atoms with van der Waals surface area (Å²) in [5.74, 6) is -0.123. The molecule has 0 aromatic heterocycles. The summed E-state index contributed by atoms with van der Waals surface area (Å²) in [5, 5.41) is 0.916. The summed E-state index contributed by atoms with van der Waals surface area (Å²) in [7, 11) is 0. The van der Waals surface area contributed by atoms with E-state index in [2.05, 4.69) is 0 Å². The van der Waals surface area contributed by atoms with Crippen LogP contribution in [-0.2, 0) is 0 Å². The number of aryl methyl sites for hydroxylation is 1. The van der Waals surface area contributed by atoms with E-state index in [1.165, 1.54) is 0 Å². The van der Waals surface area contributed by atoms with Crippen molar-refractivity contribution in [3.63, 3.8) is 0 Å². The number of nitrogen functional groups attached to an aromatic ring is 1. The molecule has 0 bridgehead atoms. The molecule has 18 heavy (non-hydrogen) atoms. The van der Waals surface area contributed by atoms with Gasteiger partial charge in [-0.25, -0.2) is 0 Å². The third-order valence-corrected chi connectivity index (χ3v) is 3.11. The molecule has 2 aromatic carbocycles. The minimum absolute atomic E-state index is 0.123. The van der Waals surface area contributed by atoms with Gasteiger partial charge in [-0.2, -0.15) is 0 Å². The van der Waals surface area contributed by atoms with Gasteiger partial charge < -0.3 is 5.73 Å². The summed E-state index contributed by atoms with van der Waals surface area (Å²) in [5.41, 5.74) is 8.04. The highest BCUT2D eigenvalue weighted by atomic mass is 35.5. The second-order valence-electron chi connectivity index (χ2n) is 4.08. The molecule has 2 nitrogen and oxygen atoms in total. The second kappa shape index (κ2) is 5.01. The van der Waals surface area contributed by atoms with Crippen LogP contribution in [0.4, 0.5) is 5.69 Å². The fourth-order valence-corrected chi connectivity index (χ4v) is 2.17. The van der Waals surface area contributed by atoms with Crippen LogP contribution in [0.5, 0.6) is 0 Å². The lowest BCUT2D eigenvalue weighted by Gasteiger charge is -2.05. The fraction of sp³-hybridized carbons (Fsp3) is 0.0714. The topological polar surface area (TPSA) is 43.1 Å². The van der Waals surface area contributed by atoms with Crippen LogP contribution in [0.2, 0.25) is 10.0 Å². The maximum absolute atomic E-state index is 12.3. The maximum atomic E-state index is 12.3. The molecule has 0 heterocycles. The number of ketones is 1. The van der Waals surface area contributed by atoms with Gasteiger partial charge in [0.15, 0.2) is 5.78 Å². The smallest absolute Gasteiger partial charge is 0.193 e. The number of benzene rings is 2. The lowest BCUT2D eigenvalue weighted by Crippen LogP contribution is -2.02. The Balaban J connectivity index is 2.44. The van der Waals surface area contributed by atoms with E-state index in [0.29, 0.717) is 26.9 Å². The number of halogens is 2. The number of carbonyl (C=O) groups is 1. The number of anilines is 1. The standard InChI is InChI=1S/C14H11Cl2NO/c1-8-4-10(6-11(15)5-8)14(18)9-2-3-13(17)12(16)7-9/h2-7H,17H2,1H3. The number of nitrogens with two attached hydrogens (primary N) is 1. The Hall–Kier alpha value is -1.51. The molecular formula is C14H11Cl2NO. The van der Waals surface area contributed by atoms with Crippen molar-refractivity contribution in [3.05, 3.63) is 63.1 Å². The van der Waals surface area contributed by atoms with E-state index in [-0.39, 0.29) is 5.78 Å². The first-order chi connectivity index (χ1) is 8.47. The van der Waals surface area contributed by atoms with E-state index in [1.807, 2.05) is 6.92 Å². The van der Waals surface area contributed by atoms with Crippen LogP contribution in [0.25, 0.3) is 0 Å². The van der Waals surface area contributed by atoms with Gasteiger partial charge in [-0.3, -0.25) is 4.79 Å². The molecule has 0 fully saturated rings. The summed E-state index contributed by atoms with van der Waals surface area (Å²) in [6.07, 6.45) is 0. The van der Waals surface area contributed by atoms with Gasteiger partial charge in [0, 0.05) is 16.1 Å². The van der Waals surface area contributed by atoms with Crippen LogP contribution in [-0.4, -0.2) is 5.78 Å². The third-order valence-electron chi connectivity index (χ3n) is 2.57. The Kier molecular flexibility index (Phi) is 3.60. The lowest BCUT2D eigenvalue weighted by atomic mass is 10.0. The lowest BCUT2D eigenvalue weighted by molar-refractivity contribution is 0.103. The summed E-state index contributed by atoms with van der Waals surface area (Å²) < 4.78 is 0. The zero-order valence-electron chi connectivity index (χ0n) is 9.71. The molecule has 0 amide bonds. The largest absolute Gasteiger partial charge is 0.398 e. The summed E-state index contributed by atoms with van der Waals surface area (Å²) in [4.78, 5) is 12.3. The van der Waals surface area contributed by atoms with Crippen LogP contribution in [0.3, 0.4) is 0 Å². The molecule has 0 saturated heterocycles. The molecule has 0 radical (unpaired) electrons. The monoisotopic (exact) mass is 279 g/mol. The minimum Gasteiger partial charge on any atom is -0.398 e. The molecule has 2 rings (SSSR count). The summed E-state index contributed by atoms with van der Waals surface area (Å²) >= 11 is 11.8. The highest BCUT2D eigenvalue weighted by molar-refractivity contribution is 6.33. The number of rotatable bonds is 2. The quantitative estimate of drug-likeness (QED) is 0.664. The van der Waals surface area contributed by atoms with Crippen molar-refractivity contribution in [2.24, 2.45) is 0 Å². The van der Waals surface area contributed by atoms with Gasteiger partial charge in [-0.05, 0) is 48.9 Å². The van der Waals surface area contributed by atoms with E-state index in [1.54, 1.807) is 36.4 Å². The Morgan fingerprint density at radius 1 is 1.06 bits per heavy atom. The van der Waals surface area contributed by atoms with Crippen molar-refractivity contribution < 1.29 is 4.79 Å². The van der Waals surface area contributed by atoms with Gasteiger partial charge in [0.25, 0.3) is 0 Å². The fourth-order valence-electron chi connectivity index (χ4n) is 1.70. The molecule has 0 saturated carbocycles. The average Bonchev–Trinajstić information content (AvgIpc) is 2.30. The van der Waals surface area contributed by atoms with Crippen molar-refractivity contribution in [1.29, 1.82) is 0 Å². The SMILES string of the molecule is Cc1cc(Cl)cc(C(=O)c2ccc(N)c(Cl)c2)c1. The summed E-state index contributed by atoms with van der Waals surface area (Å²) in [6, 6.07) is 10.1. The van der Waals surface area contributed by atoms with Gasteiger partial charge in [-0.15, -0.1) is 0 Å². The van der Waals surface area contributed by atoms with Crippen LogP contribution in [0, 0.1) is 6.92 Å². The van der Waals surface area contributed by atoms with E-state index >= 15 is 0 Å². The van der Waals surface area contributed by atoms with Gasteiger partial charge >= 0.3 is 0 Å². The molecule has 0 unspecified atom stereocenters. The first kappa shape index (κ1) is 12.9. The Bertz CT molecular complexity index is 603. The first-order valence-electron chi connectivity index (χ1n) is 5.34. The van der Waals surface area contributed by atoms with Gasteiger partial charge in [-0.1, -0.05) is 23.2 Å². The van der Waals surface area contributed by atoms with Crippen LogP contribution in [0.1, 0.15) is 21.5 Å². The molecular weight excluding hydrogens is 269 g/mol. The number of hydrogen-bond acceptors (Lipinski definition) is 2. The van der Waals surface area contributed by atoms with E-state index in [0.717, 1.165) is 5.56 Å².